The Labute approximate surface area is 119 Å². The van der Waals surface area contributed by atoms with Gasteiger partial charge in [-0.1, -0.05) is 27.7 Å². The molecule has 3 aliphatic rings. The summed E-state index contributed by atoms with van der Waals surface area (Å²) >= 11 is 0. The van der Waals surface area contributed by atoms with E-state index in [0.717, 1.165) is 36.5 Å². The molecule has 0 aromatic heterocycles. The van der Waals surface area contributed by atoms with Crippen LogP contribution >= 0.6 is 0 Å². The summed E-state index contributed by atoms with van der Waals surface area (Å²) in [5.41, 5.74) is 1.04. The van der Waals surface area contributed by atoms with Crippen LogP contribution < -0.4 is 0 Å². The molecule has 0 heterocycles. The van der Waals surface area contributed by atoms with Crippen LogP contribution in [0.3, 0.4) is 0 Å². The highest BCUT2D eigenvalue weighted by atomic mass is 16.3. The third kappa shape index (κ3) is 1.99. The first-order valence-corrected chi connectivity index (χ1v) is 8.55. The quantitative estimate of drug-likeness (QED) is 0.731. The molecule has 3 rings (SSSR count). The summed E-state index contributed by atoms with van der Waals surface area (Å²) in [7, 11) is 0. The van der Waals surface area contributed by atoms with E-state index >= 15 is 0 Å². The molecule has 0 saturated heterocycles. The average Bonchev–Trinajstić information content (AvgIpc) is 2.69. The van der Waals surface area contributed by atoms with E-state index in [2.05, 4.69) is 27.7 Å². The van der Waals surface area contributed by atoms with Crippen molar-refractivity contribution in [2.75, 3.05) is 0 Å². The molecule has 0 amide bonds. The van der Waals surface area contributed by atoms with Gasteiger partial charge in [0.15, 0.2) is 0 Å². The molecule has 0 bridgehead atoms. The summed E-state index contributed by atoms with van der Waals surface area (Å²) in [6.45, 7) is 9.92. The molecule has 6 atom stereocenters. The van der Waals surface area contributed by atoms with Gasteiger partial charge in [0.1, 0.15) is 0 Å². The molecule has 0 aromatic rings. The van der Waals surface area contributed by atoms with Gasteiger partial charge in [-0.05, 0) is 79.4 Å². The Morgan fingerprint density at radius 3 is 2.37 bits per heavy atom. The molecule has 3 saturated carbocycles. The van der Waals surface area contributed by atoms with E-state index in [1.54, 1.807) is 0 Å². The van der Waals surface area contributed by atoms with Gasteiger partial charge in [-0.2, -0.15) is 0 Å². The zero-order chi connectivity index (χ0) is 13.8. The third-order valence-electron chi connectivity index (χ3n) is 7.46. The highest BCUT2D eigenvalue weighted by Crippen LogP contribution is 2.67. The first-order valence-electron chi connectivity index (χ1n) is 8.55. The molecule has 1 N–H and O–H groups in total. The summed E-state index contributed by atoms with van der Waals surface area (Å²) in [4.78, 5) is 0. The van der Waals surface area contributed by atoms with Crippen molar-refractivity contribution < 1.29 is 5.11 Å². The monoisotopic (exact) mass is 264 g/mol. The van der Waals surface area contributed by atoms with Gasteiger partial charge in [0.05, 0.1) is 6.10 Å². The van der Waals surface area contributed by atoms with Crippen LogP contribution in [-0.4, -0.2) is 11.2 Å². The number of hydrogen-bond acceptors (Lipinski definition) is 1. The van der Waals surface area contributed by atoms with E-state index < -0.39 is 0 Å². The first-order chi connectivity index (χ1) is 8.87. The maximum absolute atomic E-state index is 10.2. The summed E-state index contributed by atoms with van der Waals surface area (Å²) in [5.74, 6) is 3.47. The number of fused-ring (bicyclic) bond motifs is 3. The topological polar surface area (TPSA) is 20.2 Å². The van der Waals surface area contributed by atoms with Crippen LogP contribution in [0.4, 0.5) is 0 Å². The lowest BCUT2D eigenvalue weighted by Gasteiger charge is -2.58. The fourth-order valence-corrected chi connectivity index (χ4v) is 6.32. The van der Waals surface area contributed by atoms with Crippen LogP contribution in [0.15, 0.2) is 0 Å². The lowest BCUT2D eigenvalue weighted by Crippen LogP contribution is -2.51. The van der Waals surface area contributed by atoms with Crippen LogP contribution in [0, 0.1) is 34.5 Å². The summed E-state index contributed by atoms with van der Waals surface area (Å²) in [6.07, 6.45) is 9.06. The number of rotatable bonds is 1. The lowest BCUT2D eigenvalue weighted by molar-refractivity contribution is -0.107. The largest absolute Gasteiger partial charge is 0.393 e. The normalized spacial score (nSPS) is 54.0. The van der Waals surface area contributed by atoms with Crippen LogP contribution in [0.25, 0.3) is 0 Å². The van der Waals surface area contributed by atoms with E-state index in [-0.39, 0.29) is 6.10 Å². The van der Waals surface area contributed by atoms with Crippen LogP contribution in [0.1, 0.15) is 72.6 Å². The predicted molar refractivity (Wildman–Crippen MR) is 79.8 cm³/mol. The van der Waals surface area contributed by atoms with Gasteiger partial charge < -0.3 is 5.11 Å². The van der Waals surface area contributed by atoms with Crippen molar-refractivity contribution in [3.8, 4) is 0 Å². The average molecular weight is 264 g/mol. The third-order valence-corrected chi connectivity index (χ3v) is 7.46. The number of aliphatic hydroxyl groups is 1. The Kier molecular flexibility index (Phi) is 3.28. The van der Waals surface area contributed by atoms with E-state index in [1.165, 1.54) is 32.1 Å². The molecule has 0 spiro atoms. The highest BCUT2D eigenvalue weighted by Gasteiger charge is 2.59. The van der Waals surface area contributed by atoms with Crippen LogP contribution in [0.5, 0.6) is 0 Å². The van der Waals surface area contributed by atoms with Gasteiger partial charge in [0, 0.05) is 0 Å². The van der Waals surface area contributed by atoms with Crippen molar-refractivity contribution in [2.24, 2.45) is 34.5 Å². The van der Waals surface area contributed by atoms with E-state index in [1.807, 2.05) is 0 Å². The SMILES string of the molecule is CC(C)[C@@H]1CC[C@]2(C)[C@@H]1CC[C@]1(C)CCC(O)C[C@H]12. The van der Waals surface area contributed by atoms with Crippen molar-refractivity contribution in [1.29, 1.82) is 0 Å². The summed E-state index contributed by atoms with van der Waals surface area (Å²) < 4.78 is 0. The van der Waals surface area contributed by atoms with Crippen molar-refractivity contribution in [2.45, 2.75) is 78.7 Å². The maximum Gasteiger partial charge on any atom is 0.0543 e. The van der Waals surface area contributed by atoms with Gasteiger partial charge in [0.2, 0.25) is 0 Å². The van der Waals surface area contributed by atoms with Gasteiger partial charge in [-0.15, -0.1) is 0 Å². The minimum absolute atomic E-state index is 0.0215. The molecule has 0 aromatic carbocycles. The van der Waals surface area contributed by atoms with E-state index in [0.29, 0.717) is 10.8 Å². The molecule has 0 radical (unpaired) electrons. The molecular weight excluding hydrogens is 232 g/mol. The Morgan fingerprint density at radius 1 is 1.00 bits per heavy atom. The minimum atomic E-state index is -0.0215. The molecule has 0 aliphatic heterocycles. The van der Waals surface area contributed by atoms with Crippen molar-refractivity contribution in [3.63, 3.8) is 0 Å². The Bertz CT molecular complexity index is 350. The number of aliphatic hydroxyl groups excluding tert-OH is 1. The molecule has 3 fully saturated rings. The minimum Gasteiger partial charge on any atom is -0.393 e. The summed E-state index contributed by atoms with van der Waals surface area (Å²) in [5, 5.41) is 10.2. The zero-order valence-corrected chi connectivity index (χ0v) is 13.3. The first kappa shape index (κ1) is 13.9. The van der Waals surface area contributed by atoms with Crippen molar-refractivity contribution in [3.05, 3.63) is 0 Å². The van der Waals surface area contributed by atoms with E-state index in [4.69, 9.17) is 0 Å². The molecule has 3 aliphatic carbocycles. The maximum atomic E-state index is 10.2. The lowest BCUT2D eigenvalue weighted by atomic mass is 9.47. The number of hydrogen-bond donors (Lipinski definition) is 1. The van der Waals surface area contributed by atoms with Gasteiger partial charge in [-0.3, -0.25) is 0 Å². The fourth-order valence-electron chi connectivity index (χ4n) is 6.32. The molecule has 110 valence electrons. The fraction of sp³-hybridized carbons (Fsp3) is 1.00. The smallest absolute Gasteiger partial charge is 0.0543 e. The Balaban J connectivity index is 1.90. The van der Waals surface area contributed by atoms with Gasteiger partial charge >= 0.3 is 0 Å². The standard InChI is InChI=1S/C18H32O/c1-12(2)14-6-10-18(4)15(14)7-9-17(3)8-5-13(19)11-16(17)18/h12-16,19H,5-11H2,1-4H3/t13?,14-,15+,16+,17-,18+/m0/s1. The second kappa shape index (κ2) is 4.48. The summed E-state index contributed by atoms with van der Waals surface area (Å²) in [6, 6.07) is 0. The molecule has 1 heteroatoms. The van der Waals surface area contributed by atoms with Crippen molar-refractivity contribution in [1.82, 2.24) is 0 Å². The molecule has 1 nitrogen and oxygen atoms in total. The molecule has 1 unspecified atom stereocenters. The molecule has 19 heavy (non-hydrogen) atoms. The second-order valence-electron chi connectivity index (χ2n) is 8.73. The van der Waals surface area contributed by atoms with Gasteiger partial charge in [-0.25, -0.2) is 0 Å². The Hall–Kier alpha value is -0.0400. The van der Waals surface area contributed by atoms with Crippen molar-refractivity contribution >= 4 is 0 Å². The Morgan fingerprint density at radius 2 is 1.68 bits per heavy atom. The zero-order valence-electron chi connectivity index (χ0n) is 13.3. The van der Waals surface area contributed by atoms with Crippen LogP contribution in [0.2, 0.25) is 0 Å². The molecular formula is C18H32O. The van der Waals surface area contributed by atoms with Gasteiger partial charge in [0.25, 0.3) is 0 Å². The predicted octanol–water partition coefficient (Wildman–Crippen LogP) is 4.64. The van der Waals surface area contributed by atoms with Crippen LogP contribution in [-0.2, 0) is 0 Å². The second-order valence-corrected chi connectivity index (χ2v) is 8.73. The highest BCUT2D eigenvalue weighted by molar-refractivity contribution is 5.08. The van der Waals surface area contributed by atoms with E-state index in [9.17, 15) is 5.11 Å².